The molecule has 1 amide bonds. The molecule has 23 heavy (non-hydrogen) atoms. The first-order valence-corrected chi connectivity index (χ1v) is 9.67. The molecule has 0 fully saturated rings. The minimum Gasteiger partial charge on any atom is -0.322 e. The van der Waals surface area contributed by atoms with Gasteiger partial charge in [0.25, 0.3) is 0 Å². The Morgan fingerprint density at radius 1 is 1.17 bits per heavy atom. The fourth-order valence-electron chi connectivity index (χ4n) is 1.61. The number of hydrogen-bond donors (Lipinski definition) is 2. The zero-order chi connectivity index (χ0) is 17.8. The van der Waals surface area contributed by atoms with Gasteiger partial charge in [0, 0.05) is 13.1 Å². The van der Waals surface area contributed by atoms with Crippen LogP contribution in [0.25, 0.3) is 0 Å². The summed E-state index contributed by atoms with van der Waals surface area (Å²) < 4.78 is 24.2. The molecule has 0 aliphatic carbocycles. The van der Waals surface area contributed by atoms with Crippen LogP contribution in [-0.4, -0.2) is 52.2 Å². The summed E-state index contributed by atoms with van der Waals surface area (Å²) in [4.78, 5) is 13.6. The van der Waals surface area contributed by atoms with E-state index in [1.165, 1.54) is 6.07 Å². The first kappa shape index (κ1) is 20.8. The normalized spacial score (nSPS) is 11.8. The van der Waals surface area contributed by atoms with Crippen LogP contribution < -0.4 is 10.0 Å². The van der Waals surface area contributed by atoms with E-state index in [0.29, 0.717) is 6.54 Å². The fraction of sp³-hybridized carbons (Fsp3) is 0.417. The van der Waals surface area contributed by atoms with Gasteiger partial charge in [0.2, 0.25) is 15.9 Å². The van der Waals surface area contributed by atoms with Crippen molar-refractivity contribution in [2.24, 2.45) is 0 Å². The van der Waals surface area contributed by atoms with Crippen LogP contribution in [0.4, 0.5) is 5.69 Å². The second kappa shape index (κ2) is 8.71. The molecule has 0 unspecified atom stereocenters. The molecule has 2 N–H and O–H groups in total. The van der Waals surface area contributed by atoms with E-state index in [4.69, 9.17) is 46.4 Å². The van der Waals surface area contributed by atoms with Crippen LogP contribution in [0.1, 0.15) is 0 Å². The van der Waals surface area contributed by atoms with E-state index in [0.717, 1.165) is 6.26 Å². The number of amides is 1. The summed E-state index contributed by atoms with van der Waals surface area (Å²) in [6.07, 6.45) is 1.06. The summed E-state index contributed by atoms with van der Waals surface area (Å²) in [7, 11) is -1.59. The predicted octanol–water partition coefficient (Wildman–Crippen LogP) is 2.72. The molecule has 11 heteroatoms. The number of nitrogens with one attached hydrogen (secondary N) is 2. The lowest BCUT2D eigenvalue weighted by molar-refractivity contribution is -0.117. The number of benzene rings is 1. The number of carbonyl (C=O) groups is 1. The summed E-state index contributed by atoms with van der Waals surface area (Å²) in [5.41, 5.74) is 0.137. The smallest absolute Gasteiger partial charge is 0.238 e. The number of nitrogens with zero attached hydrogens (tertiary/aromatic N) is 1. The van der Waals surface area contributed by atoms with E-state index >= 15 is 0 Å². The molecule has 0 radical (unpaired) electrons. The Labute approximate surface area is 155 Å². The molecule has 0 aliphatic rings. The van der Waals surface area contributed by atoms with Gasteiger partial charge in [-0.2, -0.15) is 0 Å². The number of anilines is 1. The molecule has 0 saturated carbocycles. The van der Waals surface area contributed by atoms with Crippen LogP contribution in [0.3, 0.4) is 0 Å². The van der Waals surface area contributed by atoms with Gasteiger partial charge in [-0.1, -0.05) is 46.4 Å². The van der Waals surface area contributed by atoms with Gasteiger partial charge in [0.05, 0.1) is 38.6 Å². The molecule has 1 aromatic rings. The Morgan fingerprint density at radius 2 is 1.70 bits per heavy atom. The Balaban J connectivity index is 2.64. The van der Waals surface area contributed by atoms with Gasteiger partial charge in [0.1, 0.15) is 0 Å². The summed E-state index contributed by atoms with van der Waals surface area (Å²) >= 11 is 23.8. The van der Waals surface area contributed by atoms with Gasteiger partial charge < -0.3 is 5.32 Å². The Kier molecular flexibility index (Phi) is 7.86. The first-order valence-electron chi connectivity index (χ1n) is 6.27. The summed E-state index contributed by atoms with van der Waals surface area (Å²) in [5, 5.41) is 3.07. The molecule has 1 aromatic carbocycles. The van der Waals surface area contributed by atoms with Crippen LogP contribution in [0.5, 0.6) is 0 Å². The number of rotatable bonds is 7. The molecule has 0 atom stereocenters. The fourth-order valence-corrected chi connectivity index (χ4v) is 2.97. The highest BCUT2D eigenvalue weighted by atomic mass is 35.5. The van der Waals surface area contributed by atoms with Crippen molar-refractivity contribution in [3.63, 3.8) is 0 Å². The number of carbonyl (C=O) groups excluding carboxylic acids is 1. The van der Waals surface area contributed by atoms with Crippen molar-refractivity contribution < 1.29 is 13.2 Å². The van der Waals surface area contributed by atoms with Gasteiger partial charge in [0.15, 0.2) is 0 Å². The molecule has 0 aromatic heterocycles. The van der Waals surface area contributed by atoms with E-state index in [2.05, 4.69) is 10.0 Å². The van der Waals surface area contributed by atoms with Gasteiger partial charge >= 0.3 is 0 Å². The minimum atomic E-state index is -3.26. The van der Waals surface area contributed by atoms with Crippen molar-refractivity contribution in [3.8, 4) is 0 Å². The molecule has 130 valence electrons. The van der Waals surface area contributed by atoms with E-state index < -0.39 is 15.9 Å². The van der Waals surface area contributed by atoms with Crippen LogP contribution in [0.15, 0.2) is 6.07 Å². The zero-order valence-electron chi connectivity index (χ0n) is 12.3. The van der Waals surface area contributed by atoms with Crippen LogP contribution >= 0.6 is 46.4 Å². The SMILES string of the molecule is CN(CCNS(C)(=O)=O)CC(=O)Nc1c(Cl)c(Cl)cc(Cl)c1Cl. The van der Waals surface area contributed by atoms with E-state index in [1.54, 1.807) is 11.9 Å². The van der Waals surface area contributed by atoms with Crippen LogP contribution in [0.2, 0.25) is 20.1 Å². The summed E-state index contributed by atoms with van der Waals surface area (Å²) in [6.45, 7) is 0.535. The first-order chi connectivity index (χ1) is 10.5. The van der Waals surface area contributed by atoms with Gasteiger partial charge in [-0.05, 0) is 13.1 Å². The molecule has 0 bridgehead atoms. The van der Waals surface area contributed by atoms with E-state index in [1.807, 2.05) is 0 Å². The number of sulfonamides is 1. The highest BCUT2D eigenvalue weighted by Crippen LogP contribution is 2.40. The Hall–Kier alpha value is -0.280. The molecule has 6 nitrogen and oxygen atoms in total. The number of hydrogen-bond acceptors (Lipinski definition) is 4. The maximum Gasteiger partial charge on any atom is 0.238 e. The third-order valence-electron chi connectivity index (χ3n) is 2.65. The van der Waals surface area contributed by atoms with E-state index in [-0.39, 0.29) is 38.9 Å². The second-order valence-electron chi connectivity index (χ2n) is 4.80. The van der Waals surface area contributed by atoms with Gasteiger partial charge in [-0.3, -0.25) is 9.69 Å². The lowest BCUT2D eigenvalue weighted by Gasteiger charge is -2.17. The highest BCUT2D eigenvalue weighted by molar-refractivity contribution is 7.88. The average Bonchev–Trinajstić information content (AvgIpc) is 2.40. The summed E-state index contributed by atoms with van der Waals surface area (Å²) in [6, 6.07) is 1.38. The zero-order valence-corrected chi connectivity index (χ0v) is 16.1. The average molecular weight is 423 g/mol. The van der Waals surface area contributed by atoms with Crippen molar-refractivity contribution in [1.29, 1.82) is 0 Å². The molecular weight excluding hydrogens is 408 g/mol. The van der Waals surface area contributed by atoms with Crippen molar-refractivity contribution >= 4 is 68.0 Å². The third-order valence-corrected chi connectivity index (χ3v) is 4.95. The monoisotopic (exact) mass is 421 g/mol. The number of halogens is 4. The maximum absolute atomic E-state index is 12.0. The Bertz CT molecular complexity index is 671. The van der Waals surface area contributed by atoms with Crippen LogP contribution in [0, 0.1) is 0 Å². The Morgan fingerprint density at radius 3 is 2.17 bits per heavy atom. The van der Waals surface area contributed by atoms with Gasteiger partial charge in [-0.25, -0.2) is 13.1 Å². The molecule has 0 heterocycles. The van der Waals surface area contributed by atoms with Crippen LogP contribution in [-0.2, 0) is 14.8 Å². The van der Waals surface area contributed by atoms with E-state index in [9.17, 15) is 13.2 Å². The lowest BCUT2D eigenvalue weighted by Crippen LogP contribution is -2.36. The quantitative estimate of drug-likeness (QED) is 0.662. The largest absolute Gasteiger partial charge is 0.322 e. The third kappa shape index (κ3) is 7.01. The lowest BCUT2D eigenvalue weighted by atomic mass is 10.3. The highest BCUT2D eigenvalue weighted by Gasteiger charge is 2.17. The topological polar surface area (TPSA) is 78.5 Å². The minimum absolute atomic E-state index is 0.00221. The standard InChI is InChI=1S/C12H15Cl4N3O3S/c1-19(4-3-17-23(2,21)22)6-9(20)18-12-10(15)7(13)5-8(14)11(12)16/h5,17H,3-4,6H2,1-2H3,(H,18,20). The predicted molar refractivity (Wildman–Crippen MR) is 95.5 cm³/mol. The molecule has 1 rings (SSSR count). The molecule has 0 saturated heterocycles. The maximum atomic E-state index is 12.0. The van der Waals surface area contributed by atoms with Crippen molar-refractivity contribution in [2.45, 2.75) is 0 Å². The molecule has 0 aliphatic heterocycles. The summed E-state index contributed by atoms with van der Waals surface area (Å²) in [5.74, 6) is -0.394. The van der Waals surface area contributed by atoms with Crippen molar-refractivity contribution in [2.75, 3.05) is 38.3 Å². The second-order valence-corrected chi connectivity index (χ2v) is 8.20. The number of likely N-dealkylation sites (N-methyl/N-ethyl adjacent to an activating group) is 1. The molecule has 0 spiro atoms. The van der Waals surface area contributed by atoms with Gasteiger partial charge in [-0.15, -0.1) is 0 Å². The van der Waals surface area contributed by atoms with Crippen molar-refractivity contribution in [3.05, 3.63) is 26.2 Å². The molecular formula is C12H15Cl4N3O3S. The van der Waals surface area contributed by atoms with Crippen molar-refractivity contribution in [1.82, 2.24) is 9.62 Å².